The standard InChI is InChI=1S/C38H33FN2O6S/c1-4-45-31-21-25(17-20-30(31)47-23-24-15-18-27(39)19-16-24)22-32-36(42)41-35(28-13-9-10-14-29(28)44-3)33(37(43)46-5-2)34(40-38(41)48-32)26-11-7-6-8-12-26/h6-22,35H,4-5,23H2,1-3H3/b32-22+/t35-/m1/s1. The zero-order valence-electron chi connectivity index (χ0n) is 26.6. The minimum atomic E-state index is -0.866. The summed E-state index contributed by atoms with van der Waals surface area (Å²) >= 11 is 1.22. The van der Waals surface area contributed by atoms with Crippen molar-refractivity contribution >= 4 is 29.1 Å². The first-order valence-electron chi connectivity index (χ1n) is 15.5. The van der Waals surface area contributed by atoms with Crippen LogP contribution in [0.25, 0.3) is 11.8 Å². The molecule has 0 N–H and O–H groups in total. The second kappa shape index (κ2) is 14.5. The van der Waals surface area contributed by atoms with Gasteiger partial charge in [-0.15, -0.1) is 0 Å². The number of aromatic nitrogens is 1. The molecule has 0 fully saturated rings. The van der Waals surface area contributed by atoms with Crippen LogP contribution < -0.4 is 29.1 Å². The van der Waals surface area contributed by atoms with Gasteiger partial charge in [0.15, 0.2) is 16.3 Å². The molecule has 1 aliphatic heterocycles. The lowest BCUT2D eigenvalue weighted by Gasteiger charge is -2.27. The van der Waals surface area contributed by atoms with Gasteiger partial charge in [-0.2, -0.15) is 0 Å². The second-order valence-electron chi connectivity index (χ2n) is 10.7. The number of ether oxygens (including phenoxy) is 4. The van der Waals surface area contributed by atoms with E-state index < -0.39 is 12.0 Å². The Kier molecular flexibility index (Phi) is 9.82. The van der Waals surface area contributed by atoms with E-state index in [4.69, 9.17) is 23.9 Å². The fourth-order valence-corrected chi connectivity index (χ4v) is 6.52. The van der Waals surface area contributed by atoms with Gasteiger partial charge >= 0.3 is 5.97 Å². The minimum absolute atomic E-state index is 0.152. The molecule has 0 unspecified atom stereocenters. The monoisotopic (exact) mass is 664 g/mol. The van der Waals surface area contributed by atoms with Gasteiger partial charge < -0.3 is 18.9 Å². The van der Waals surface area contributed by atoms with Crippen LogP contribution in [0.15, 0.2) is 112 Å². The number of carbonyl (C=O) groups excluding carboxylic acids is 1. The highest BCUT2D eigenvalue weighted by Gasteiger charge is 2.36. The molecule has 0 spiro atoms. The average Bonchev–Trinajstić information content (AvgIpc) is 3.42. The summed E-state index contributed by atoms with van der Waals surface area (Å²) in [5, 5.41) is 0. The van der Waals surface area contributed by atoms with Crippen LogP contribution in [-0.4, -0.2) is 30.9 Å². The normalized spacial score (nSPS) is 14.2. The zero-order valence-corrected chi connectivity index (χ0v) is 27.5. The van der Waals surface area contributed by atoms with E-state index in [0.29, 0.717) is 50.0 Å². The third kappa shape index (κ3) is 6.65. The van der Waals surface area contributed by atoms with Crippen LogP contribution in [0.5, 0.6) is 17.2 Å². The molecule has 10 heteroatoms. The number of para-hydroxylation sites is 1. The Morgan fingerprint density at radius 3 is 2.38 bits per heavy atom. The molecule has 6 rings (SSSR count). The predicted octanol–water partition coefficient (Wildman–Crippen LogP) is 6.06. The smallest absolute Gasteiger partial charge is 0.338 e. The van der Waals surface area contributed by atoms with E-state index in [1.807, 2.05) is 61.5 Å². The van der Waals surface area contributed by atoms with Crippen molar-refractivity contribution in [2.24, 2.45) is 4.99 Å². The molecule has 48 heavy (non-hydrogen) atoms. The molecule has 0 bridgehead atoms. The lowest BCUT2D eigenvalue weighted by Crippen LogP contribution is -2.40. The summed E-state index contributed by atoms with van der Waals surface area (Å²) in [6.07, 6.45) is 1.77. The number of carbonyl (C=O) groups is 1. The summed E-state index contributed by atoms with van der Waals surface area (Å²) in [4.78, 5) is 33.4. The Morgan fingerprint density at radius 1 is 0.896 bits per heavy atom. The van der Waals surface area contributed by atoms with Crippen molar-refractivity contribution in [3.8, 4) is 17.2 Å². The summed E-state index contributed by atoms with van der Waals surface area (Å²) in [6.45, 7) is 4.39. The number of hydrogen-bond acceptors (Lipinski definition) is 8. The van der Waals surface area contributed by atoms with Crippen molar-refractivity contribution in [1.29, 1.82) is 0 Å². The van der Waals surface area contributed by atoms with Gasteiger partial charge in [0.1, 0.15) is 24.2 Å². The minimum Gasteiger partial charge on any atom is -0.496 e. The zero-order chi connectivity index (χ0) is 33.6. The highest BCUT2D eigenvalue weighted by Crippen LogP contribution is 2.38. The maximum atomic E-state index is 14.3. The number of thiazole rings is 1. The van der Waals surface area contributed by atoms with Gasteiger partial charge in [0.05, 0.1) is 36.1 Å². The molecule has 0 saturated heterocycles. The molecular weight excluding hydrogens is 631 g/mol. The van der Waals surface area contributed by atoms with Crippen molar-refractivity contribution in [2.75, 3.05) is 20.3 Å². The Balaban J connectivity index is 1.49. The van der Waals surface area contributed by atoms with Gasteiger partial charge in [-0.05, 0) is 61.4 Å². The van der Waals surface area contributed by atoms with Crippen LogP contribution in [0.4, 0.5) is 4.39 Å². The van der Waals surface area contributed by atoms with Crippen LogP contribution in [0, 0.1) is 5.82 Å². The molecule has 1 aromatic heterocycles. The number of nitrogens with zero attached hydrogens (tertiary/aromatic N) is 2. The summed E-state index contributed by atoms with van der Waals surface area (Å²) in [7, 11) is 1.55. The lowest BCUT2D eigenvalue weighted by atomic mass is 9.92. The summed E-state index contributed by atoms with van der Waals surface area (Å²) < 4.78 is 38.5. The predicted molar refractivity (Wildman–Crippen MR) is 182 cm³/mol. The van der Waals surface area contributed by atoms with Crippen LogP contribution in [0.1, 0.15) is 42.1 Å². The molecule has 1 aliphatic rings. The SMILES string of the molecule is CCOC(=O)C1=C(c2ccccc2)N=c2s/c(=C/c3ccc(OCc4ccc(F)cc4)c(OCC)c3)c(=O)n2[C@@H]1c1ccccc1OC. The van der Waals surface area contributed by atoms with E-state index in [2.05, 4.69) is 0 Å². The first-order valence-corrected chi connectivity index (χ1v) is 16.3. The first-order chi connectivity index (χ1) is 23.4. The number of methoxy groups -OCH3 is 1. The molecule has 0 amide bonds. The summed E-state index contributed by atoms with van der Waals surface area (Å²) in [6, 6.07) is 27.3. The van der Waals surface area contributed by atoms with Crippen molar-refractivity contribution in [3.05, 3.63) is 150 Å². The van der Waals surface area contributed by atoms with Crippen LogP contribution in [0.2, 0.25) is 0 Å². The molecule has 0 radical (unpaired) electrons. The fourth-order valence-electron chi connectivity index (χ4n) is 5.52. The van der Waals surface area contributed by atoms with E-state index >= 15 is 0 Å². The molecule has 0 aliphatic carbocycles. The average molecular weight is 665 g/mol. The Bertz CT molecular complexity index is 2160. The van der Waals surface area contributed by atoms with Gasteiger partial charge in [-0.25, -0.2) is 14.2 Å². The van der Waals surface area contributed by atoms with Gasteiger partial charge in [0.25, 0.3) is 5.56 Å². The number of esters is 1. The molecule has 0 saturated carbocycles. The van der Waals surface area contributed by atoms with Gasteiger partial charge in [0.2, 0.25) is 0 Å². The summed E-state index contributed by atoms with van der Waals surface area (Å²) in [5.74, 6) is 0.659. The number of hydrogen-bond donors (Lipinski definition) is 0. The Hall–Kier alpha value is -5.48. The van der Waals surface area contributed by atoms with Crippen molar-refractivity contribution in [2.45, 2.75) is 26.5 Å². The number of benzene rings is 4. The molecule has 244 valence electrons. The van der Waals surface area contributed by atoms with Crippen molar-refractivity contribution < 1.29 is 28.1 Å². The van der Waals surface area contributed by atoms with E-state index in [1.54, 1.807) is 50.4 Å². The quantitative estimate of drug-likeness (QED) is 0.160. The Morgan fingerprint density at radius 2 is 1.65 bits per heavy atom. The van der Waals surface area contributed by atoms with Crippen molar-refractivity contribution in [1.82, 2.24) is 4.57 Å². The van der Waals surface area contributed by atoms with E-state index in [-0.39, 0.29) is 30.2 Å². The highest BCUT2D eigenvalue weighted by molar-refractivity contribution is 7.07. The van der Waals surface area contributed by atoms with Crippen molar-refractivity contribution in [3.63, 3.8) is 0 Å². The largest absolute Gasteiger partial charge is 0.496 e. The van der Waals surface area contributed by atoms with Gasteiger partial charge in [-0.1, -0.05) is 78.1 Å². The number of rotatable bonds is 11. The molecular formula is C38H33FN2O6S. The van der Waals surface area contributed by atoms with Crippen LogP contribution in [-0.2, 0) is 16.1 Å². The Labute approximate surface area is 280 Å². The lowest BCUT2D eigenvalue weighted by molar-refractivity contribution is -0.138. The molecule has 4 aromatic carbocycles. The third-order valence-electron chi connectivity index (χ3n) is 7.68. The molecule has 1 atom stereocenters. The molecule has 8 nitrogen and oxygen atoms in total. The number of halogens is 1. The number of fused-ring (bicyclic) bond motifs is 1. The van der Waals surface area contributed by atoms with E-state index in [9.17, 15) is 14.0 Å². The maximum absolute atomic E-state index is 14.3. The van der Waals surface area contributed by atoms with E-state index in [1.165, 1.54) is 28.0 Å². The van der Waals surface area contributed by atoms with Gasteiger partial charge in [0, 0.05) is 11.1 Å². The summed E-state index contributed by atoms with van der Waals surface area (Å²) in [5.41, 5.74) is 3.21. The van der Waals surface area contributed by atoms with E-state index in [0.717, 1.165) is 11.1 Å². The topological polar surface area (TPSA) is 88.4 Å². The fraction of sp³-hybridized carbons (Fsp3) is 0.184. The maximum Gasteiger partial charge on any atom is 0.338 e. The van der Waals surface area contributed by atoms with Crippen LogP contribution in [0.3, 0.4) is 0 Å². The molecule has 2 heterocycles. The van der Waals surface area contributed by atoms with Crippen LogP contribution >= 0.6 is 11.3 Å². The second-order valence-corrected chi connectivity index (χ2v) is 11.7. The first kappa shape index (κ1) is 32.5. The molecule has 5 aromatic rings. The third-order valence-corrected chi connectivity index (χ3v) is 8.66. The highest BCUT2D eigenvalue weighted by atomic mass is 32.1. The van der Waals surface area contributed by atoms with Gasteiger partial charge in [-0.3, -0.25) is 9.36 Å².